The summed E-state index contributed by atoms with van der Waals surface area (Å²) < 4.78 is 0. The molecular formula is C22H25Cl2Zr. The Bertz CT molecular complexity index is 690. The SMILES string of the molecule is CCCCCc1ccc(-c2cccc3c2C=C(CC)[CH]3)cc1.[Cl][Zr][Cl]. The topological polar surface area (TPSA) is 0 Å². The number of unbranched alkanes of at least 4 members (excludes halogenated alkanes) is 2. The third kappa shape index (κ3) is 6.09. The molecule has 0 atom stereocenters. The minimum absolute atomic E-state index is 0.826. The van der Waals surface area contributed by atoms with Gasteiger partial charge in [-0.05, 0) is 47.1 Å². The van der Waals surface area contributed by atoms with Crippen molar-refractivity contribution in [3.63, 3.8) is 0 Å². The summed E-state index contributed by atoms with van der Waals surface area (Å²) in [6.45, 7) is 4.48. The molecule has 25 heavy (non-hydrogen) atoms. The number of rotatable bonds is 6. The van der Waals surface area contributed by atoms with Crippen molar-refractivity contribution in [2.75, 3.05) is 0 Å². The van der Waals surface area contributed by atoms with Crippen molar-refractivity contribution in [2.45, 2.75) is 46.0 Å². The van der Waals surface area contributed by atoms with E-state index in [1.807, 2.05) is 0 Å². The molecule has 0 saturated carbocycles. The van der Waals surface area contributed by atoms with Crippen LogP contribution in [0, 0.1) is 6.42 Å². The van der Waals surface area contributed by atoms with Crippen LogP contribution in [-0.2, 0) is 27.3 Å². The van der Waals surface area contributed by atoms with E-state index in [1.54, 1.807) is 0 Å². The van der Waals surface area contributed by atoms with E-state index in [1.165, 1.54) is 59.1 Å². The van der Waals surface area contributed by atoms with Crippen LogP contribution in [0.5, 0.6) is 0 Å². The number of hydrogen-bond acceptors (Lipinski definition) is 0. The van der Waals surface area contributed by atoms with Crippen molar-refractivity contribution in [1.29, 1.82) is 0 Å². The van der Waals surface area contributed by atoms with Gasteiger partial charge in [-0.25, -0.2) is 0 Å². The quantitative estimate of drug-likeness (QED) is 0.393. The molecule has 0 bridgehead atoms. The predicted octanol–water partition coefficient (Wildman–Crippen LogP) is 7.82. The standard InChI is InChI=1S/C22H25.2ClH.Zr/c1-3-5-6-8-18-11-13-19(14-12-18)21-10-7-9-20-15-17(4-2)16-22(20)21;;;/h7,9-16H,3-6,8H2,1-2H3;2*1H;/q;;;+2/p-2. The Morgan fingerprint density at radius 3 is 2.28 bits per heavy atom. The Kier molecular flexibility index (Phi) is 9.53. The van der Waals surface area contributed by atoms with Gasteiger partial charge in [0.15, 0.2) is 0 Å². The molecule has 131 valence electrons. The number of benzene rings is 2. The molecule has 2 aromatic rings. The van der Waals surface area contributed by atoms with Gasteiger partial charge >= 0.3 is 37.9 Å². The van der Waals surface area contributed by atoms with Gasteiger partial charge < -0.3 is 0 Å². The van der Waals surface area contributed by atoms with Crippen LogP contribution >= 0.6 is 17.0 Å². The second kappa shape index (κ2) is 11.4. The first kappa shape index (κ1) is 20.9. The Hall–Kier alpha value is -0.357. The molecule has 0 amide bonds. The molecule has 1 aliphatic carbocycles. The van der Waals surface area contributed by atoms with Crippen LogP contribution in [0.2, 0.25) is 0 Å². The maximum atomic E-state index is 4.93. The van der Waals surface area contributed by atoms with Crippen molar-refractivity contribution in [2.24, 2.45) is 0 Å². The average molecular weight is 452 g/mol. The number of hydrogen-bond donors (Lipinski definition) is 0. The normalized spacial score (nSPS) is 12.1. The zero-order valence-electron chi connectivity index (χ0n) is 15.0. The van der Waals surface area contributed by atoms with E-state index in [9.17, 15) is 0 Å². The molecule has 0 saturated heterocycles. The molecule has 1 aliphatic rings. The van der Waals surface area contributed by atoms with Crippen molar-refractivity contribution >= 4 is 23.1 Å². The molecule has 0 unspecified atom stereocenters. The first-order chi connectivity index (χ1) is 12.2. The molecule has 0 N–H and O–H groups in total. The summed E-state index contributed by atoms with van der Waals surface area (Å²) in [5, 5.41) is 0. The summed E-state index contributed by atoms with van der Waals surface area (Å²) in [6.07, 6.45) is 10.9. The van der Waals surface area contributed by atoms with Crippen molar-refractivity contribution in [3.05, 3.63) is 71.1 Å². The van der Waals surface area contributed by atoms with E-state index < -0.39 is 20.8 Å². The molecule has 3 heteroatoms. The summed E-state index contributed by atoms with van der Waals surface area (Å²) in [6, 6.07) is 15.8. The molecule has 0 fully saturated rings. The van der Waals surface area contributed by atoms with Crippen LogP contribution in [0.15, 0.2) is 48.0 Å². The van der Waals surface area contributed by atoms with Crippen molar-refractivity contribution < 1.29 is 20.8 Å². The minimum atomic E-state index is -0.826. The molecule has 0 aromatic heterocycles. The number of halogens is 2. The molecule has 0 nitrogen and oxygen atoms in total. The van der Waals surface area contributed by atoms with Gasteiger partial charge in [-0.1, -0.05) is 80.8 Å². The summed E-state index contributed by atoms with van der Waals surface area (Å²) in [5.74, 6) is 0. The van der Waals surface area contributed by atoms with Gasteiger partial charge in [0.05, 0.1) is 0 Å². The average Bonchev–Trinajstić information content (AvgIpc) is 3.07. The Morgan fingerprint density at radius 1 is 0.920 bits per heavy atom. The number of aryl methyl sites for hydroxylation is 1. The third-order valence-electron chi connectivity index (χ3n) is 4.55. The van der Waals surface area contributed by atoms with E-state index in [4.69, 9.17) is 17.0 Å². The van der Waals surface area contributed by atoms with Gasteiger partial charge in [0.1, 0.15) is 0 Å². The van der Waals surface area contributed by atoms with E-state index in [-0.39, 0.29) is 0 Å². The fourth-order valence-corrected chi connectivity index (χ4v) is 3.18. The van der Waals surface area contributed by atoms with E-state index in [0.29, 0.717) is 0 Å². The van der Waals surface area contributed by atoms with E-state index in [2.05, 4.69) is 68.8 Å². The molecule has 1 radical (unpaired) electrons. The third-order valence-corrected chi connectivity index (χ3v) is 4.55. The van der Waals surface area contributed by atoms with Crippen molar-refractivity contribution in [1.82, 2.24) is 0 Å². The van der Waals surface area contributed by atoms with Gasteiger partial charge in [0.2, 0.25) is 0 Å². The van der Waals surface area contributed by atoms with Crippen LogP contribution in [-0.4, -0.2) is 0 Å². The first-order valence-corrected chi connectivity index (χ1v) is 15.3. The second-order valence-electron chi connectivity index (χ2n) is 6.25. The molecule has 2 aromatic carbocycles. The number of allylic oxidation sites excluding steroid dienone is 1. The Morgan fingerprint density at radius 2 is 1.64 bits per heavy atom. The fourth-order valence-electron chi connectivity index (χ4n) is 3.18. The Balaban J connectivity index is 0.000000701. The molecular weight excluding hydrogens is 426 g/mol. The fraction of sp³-hybridized carbons (Fsp3) is 0.318. The molecule has 0 heterocycles. The van der Waals surface area contributed by atoms with E-state index >= 15 is 0 Å². The zero-order chi connectivity index (χ0) is 18.1. The monoisotopic (exact) mass is 449 g/mol. The molecule has 0 aliphatic heterocycles. The van der Waals surface area contributed by atoms with Crippen molar-refractivity contribution in [3.8, 4) is 11.1 Å². The maximum absolute atomic E-state index is 4.93. The summed E-state index contributed by atoms with van der Waals surface area (Å²) in [5.41, 5.74) is 8.33. The van der Waals surface area contributed by atoms with Crippen LogP contribution in [0.3, 0.4) is 0 Å². The zero-order valence-corrected chi connectivity index (χ0v) is 19.0. The summed E-state index contributed by atoms with van der Waals surface area (Å²) in [4.78, 5) is 0. The van der Waals surface area contributed by atoms with Crippen LogP contribution < -0.4 is 0 Å². The molecule has 0 spiro atoms. The van der Waals surface area contributed by atoms with Gasteiger partial charge in [-0.15, -0.1) is 0 Å². The predicted molar refractivity (Wildman–Crippen MR) is 108 cm³/mol. The second-order valence-corrected chi connectivity index (χ2v) is 9.98. The Labute approximate surface area is 171 Å². The van der Waals surface area contributed by atoms with Gasteiger partial charge in [0.25, 0.3) is 0 Å². The van der Waals surface area contributed by atoms with Gasteiger partial charge in [-0.3, -0.25) is 0 Å². The van der Waals surface area contributed by atoms with Gasteiger partial charge in [0, 0.05) is 6.42 Å². The first-order valence-electron chi connectivity index (χ1n) is 8.97. The van der Waals surface area contributed by atoms with Gasteiger partial charge in [-0.2, -0.15) is 0 Å². The van der Waals surface area contributed by atoms with Crippen LogP contribution in [0.25, 0.3) is 17.2 Å². The van der Waals surface area contributed by atoms with Crippen LogP contribution in [0.4, 0.5) is 0 Å². The van der Waals surface area contributed by atoms with Crippen LogP contribution in [0.1, 0.15) is 56.2 Å². The summed E-state index contributed by atoms with van der Waals surface area (Å²) in [7, 11) is 9.87. The molecule has 3 rings (SSSR count). The van der Waals surface area contributed by atoms with E-state index in [0.717, 1.165) is 6.42 Å². The number of fused-ring (bicyclic) bond motifs is 1. The summed E-state index contributed by atoms with van der Waals surface area (Å²) >= 11 is -0.826.